The normalized spacial score (nSPS) is 11.9. The van der Waals surface area contributed by atoms with E-state index in [-0.39, 0.29) is 17.9 Å². The van der Waals surface area contributed by atoms with Crippen molar-refractivity contribution in [2.24, 2.45) is 0 Å². The maximum Gasteiger partial charge on any atom is 0.314 e. The fraction of sp³-hybridized carbons (Fsp3) is 0.154. The van der Waals surface area contributed by atoms with E-state index in [2.05, 4.69) is 9.97 Å². The van der Waals surface area contributed by atoms with Crippen molar-refractivity contribution in [3.63, 3.8) is 0 Å². The summed E-state index contributed by atoms with van der Waals surface area (Å²) in [4.78, 5) is 28.8. The molecule has 108 valence electrons. The van der Waals surface area contributed by atoms with Crippen LogP contribution in [-0.2, 0) is 11.2 Å². The van der Waals surface area contributed by atoms with Crippen molar-refractivity contribution >= 4 is 23.3 Å². The Kier molecular flexibility index (Phi) is 4.44. The third-order valence-corrected chi connectivity index (χ3v) is 3.04. The predicted molar refractivity (Wildman–Crippen MR) is 74.2 cm³/mol. The number of carbonyl (C=O) groups is 1. The molecule has 21 heavy (non-hydrogen) atoms. The Balaban J connectivity index is 2.26. The molecule has 1 aromatic heterocycles. The number of hydrogen-bond acceptors (Lipinski definition) is 5. The van der Waals surface area contributed by atoms with Crippen LogP contribution in [0, 0.1) is 10.1 Å². The number of carboxylic acid groups (broad SMARTS) is 1. The molecule has 1 unspecified atom stereocenters. The van der Waals surface area contributed by atoms with Gasteiger partial charge in [0.05, 0.1) is 4.92 Å². The van der Waals surface area contributed by atoms with Crippen molar-refractivity contribution in [2.45, 2.75) is 12.3 Å². The molecule has 1 aromatic carbocycles. The highest BCUT2D eigenvalue weighted by Gasteiger charge is 2.24. The molecule has 1 N–H and O–H groups in total. The largest absolute Gasteiger partial charge is 0.481 e. The van der Waals surface area contributed by atoms with Crippen LogP contribution in [-0.4, -0.2) is 26.0 Å². The summed E-state index contributed by atoms with van der Waals surface area (Å²) in [5.41, 5.74) is 0.433. The van der Waals surface area contributed by atoms with Crippen molar-refractivity contribution in [1.29, 1.82) is 0 Å². The molecular weight excluding hydrogens is 298 g/mol. The summed E-state index contributed by atoms with van der Waals surface area (Å²) in [7, 11) is 0. The first-order valence-electron chi connectivity index (χ1n) is 5.91. The highest BCUT2D eigenvalue weighted by molar-refractivity contribution is 6.30. The average molecular weight is 308 g/mol. The Labute approximate surface area is 124 Å². The van der Waals surface area contributed by atoms with Gasteiger partial charge < -0.3 is 5.11 Å². The number of hydrogen-bond donors (Lipinski definition) is 1. The lowest BCUT2D eigenvalue weighted by atomic mass is 9.98. The second-order valence-corrected chi connectivity index (χ2v) is 4.72. The third kappa shape index (κ3) is 3.73. The number of rotatable bonds is 5. The van der Waals surface area contributed by atoms with Crippen LogP contribution >= 0.6 is 11.6 Å². The number of benzene rings is 1. The standard InChI is InChI=1S/C13H10ClN3O4/c14-9-3-1-2-8(4-9)5-11(13(18)19)12-15-6-10(7-16-12)17(20)21/h1-4,6-7,11H,5H2,(H,18,19). The van der Waals surface area contributed by atoms with Gasteiger partial charge in [-0.25, -0.2) is 9.97 Å². The number of nitro groups is 1. The van der Waals surface area contributed by atoms with Gasteiger partial charge in [-0.05, 0) is 24.1 Å². The minimum absolute atomic E-state index is 0.0214. The molecule has 7 nitrogen and oxygen atoms in total. The summed E-state index contributed by atoms with van der Waals surface area (Å²) in [6.07, 6.45) is 2.14. The number of aromatic nitrogens is 2. The fourth-order valence-corrected chi connectivity index (χ4v) is 2.01. The number of nitrogens with zero attached hydrogens (tertiary/aromatic N) is 3. The second kappa shape index (κ2) is 6.27. The molecule has 8 heteroatoms. The lowest BCUT2D eigenvalue weighted by Gasteiger charge is -2.10. The van der Waals surface area contributed by atoms with Crippen LogP contribution < -0.4 is 0 Å². The Bertz CT molecular complexity index is 675. The van der Waals surface area contributed by atoms with Gasteiger partial charge in [-0.1, -0.05) is 23.7 Å². The van der Waals surface area contributed by atoms with E-state index in [1.807, 2.05) is 0 Å². The third-order valence-electron chi connectivity index (χ3n) is 2.81. The van der Waals surface area contributed by atoms with E-state index in [0.717, 1.165) is 18.0 Å². The predicted octanol–water partition coefficient (Wildman–Crippen LogP) is 2.45. The van der Waals surface area contributed by atoms with E-state index in [4.69, 9.17) is 11.6 Å². The van der Waals surface area contributed by atoms with Gasteiger partial charge in [-0.3, -0.25) is 14.9 Å². The second-order valence-electron chi connectivity index (χ2n) is 4.28. The monoisotopic (exact) mass is 307 g/mol. The summed E-state index contributed by atoms with van der Waals surface area (Å²) in [5.74, 6) is -2.08. The first-order valence-corrected chi connectivity index (χ1v) is 6.28. The minimum Gasteiger partial charge on any atom is -0.481 e. The molecule has 0 radical (unpaired) electrons. The Hall–Kier alpha value is -2.54. The van der Waals surface area contributed by atoms with Gasteiger partial charge >= 0.3 is 11.7 Å². The molecule has 2 aromatic rings. The van der Waals surface area contributed by atoms with Gasteiger partial charge in [0.15, 0.2) is 0 Å². The smallest absolute Gasteiger partial charge is 0.314 e. The first-order chi connectivity index (χ1) is 9.97. The quantitative estimate of drug-likeness (QED) is 0.671. The van der Waals surface area contributed by atoms with Crippen molar-refractivity contribution < 1.29 is 14.8 Å². The average Bonchev–Trinajstić information content (AvgIpc) is 2.44. The summed E-state index contributed by atoms with van der Waals surface area (Å²) in [5, 5.41) is 20.3. The molecule has 0 amide bonds. The topological polar surface area (TPSA) is 106 Å². The van der Waals surface area contributed by atoms with Crippen molar-refractivity contribution in [2.75, 3.05) is 0 Å². The van der Waals surface area contributed by atoms with Crippen molar-refractivity contribution in [3.05, 3.63) is 63.2 Å². The number of aliphatic carboxylic acids is 1. The van der Waals surface area contributed by atoms with Gasteiger partial charge in [0.1, 0.15) is 24.1 Å². The van der Waals surface area contributed by atoms with Crippen molar-refractivity contribution in [1.82, 2.24) is 9.97 Å². The van der Waals surface area contributed by atoms with Crippen molar-refractivity contribution in [3.8, 4) is 0 Å². The fourth-order valence-electron chi connectivity index (χ4n) is 1.79. The molecule has 1 atom stereocenters. The molecule has 0 saturated heterocycles. The van der Waals surface area contributed by atoms with Crippen LogP contribution in [0.4, 0.5) is 5.69 Å². The molecule has 0 aliphatic rings. The zero-order valence-corrected chi connectivity index (χ0v) is 11.4. The van der Waals surface area contributed by atoms with E-state index in [1.54, 1.807) is 24.3 Å². The van der Waals surface area contributed by atoms with Crippen LogP contribution in [0.15, 0.2) is 36.7 Å². The van der Waals surface area contributed by atoms with Crippen LogP contribution in [0.3, 0.4) is 0 Å². The molecule has 0 saturated carbocycles. The van der Waals surface area contributed by atoms with Gasteiger partial charge in [-0.15, -0.1) is 0 Å². The molecule has 0 aliphatic heterocycles. The molecule has 0 aliphatic carbocycles. The Morgan fingerprint density at radius 3 is 2.57 bits per heavy atom. The summed E-state index contributed by atoms with van der Waals surface area (Å²) in [6, 6.07) is 6.80. The highest BCUT2D eigenvalue weighted by Crippen LogP contribution is 2.21. The Morgan fingerprint density at radius 1 is 1.38 bits per heavy atom. The van der Waals surface area contributed by atoms with Gasteiger partial charge in [0.2, 0.25) is 0 Å². The highest BCUT2D eigenvalue weighted by atomic mass is 35.5. The lowest BCUT2D eigenvalue weighted by molar-refractivity contribution is -0.385. The van der Waals surface area contributed by atoms with E-state index in [9.17, 15) is 20.0 Å². The zero-order valence-electron chi connectivity index (χ0n) is 10.6. The van der Waals surface area contributed by atoms with Gasteiger partial charge in [-0.2, -0.15) is 0 Å². The minimum atomic E-state index is -1.11. The van der Waals surface area contributed by atoms with Crippen LogP contribution in [0.25, 0.3) is 0 Å². The summed E-state index contributed by atoms with van der Waals surface area (Å²) < 4.78 is 0. The van der Waals surface area contributed by atoms with E-state index < -0.39 is 16.8 Å². The molecule has 0 spiro atoms. The first kappa shape index (κ1) is 14.9. The Morgan fingerprint density at radius 2 is 2.05 bits per heavy atom. The maximum atomic E-state index is 11.4. The van der Waals surface area contributed by atoms with E-state index in [1.165, 1.54) is 0 Å². The maximum absolute atomic E-state index is 11.4. The van der Waals surface area contributed by atoms with Crippen LogP contribution in [0.1, 0.15) is 17.3 Å². The number of carboxylic acids is 1. The summed E-state index contributed by atoms with van der Waals surface area (Å²) >= 11 is 5.86. The van der Waals surface area contributed by atoms with Gasteiger partial charge in [0.25, 0.3) is 0 Å². The molecule has 2 rings (SSSR count). The lowest BCUT2D eigenvalue weighted by Crippen LogP contribution is -2.17. The van der Waals surface area contributed by atoms with Gasteiger partial charge in [0, 0.05) is 5.02 Å². The summed E-state index contributed by atoms with van der Waals surface area (Å²) in [6.45, 7) is 0. The molecule has 0 fully saturated rings. The van der Waals surface area contributed by atoms with Crippen LogP contribution in [0.5, 0.6) is 0 Å². The number of halogens is 1. The zero-order chi connectivity index (χ0) is 15.4. The van der Waals surface area contributed by atoms with E-state index >= 15 is 0 Å². The SMILES string of the molecule is O=C(O)C(Cc1cccc(Cl)c1)c1ncc([N+](=O)[O-])cn1. The molecular formula is C13H10ClN3O4. The molecule has 1 heterocycles. The van der Waals surface area contributed by atoms with E-state index in [0.29, 0.717) is 5.02 Å². The van der Waals surface area contributed by atoms with Crippen LogP contribution in [0.2, 0.25) is 5.02 Å². The molecule has 0 bridgehead atoms.